The van der Waals surface area contributed by atoms with Crippen LogP contribution in [0.5, 0.6) is 0 Å². The summed E-state index contributed by atoms with van der Waals surface area (Å²) in [5.41, 5.74) is 5.66. The molecule has 1 fully saturated rings. The quantitative estimate of drug-likeness (QED) is 0.664. The van der Waals surface area contributed by atoms with Crippen molar-refractivity contribution in [2.45, 2.75) is 32.1 Å². The zero-order valence-corrected chi connectivity index (χ0v) is 10.2. The summed E-state index contributed by atoms with van der Waals surface area (Å²) in [6, 6.07) is 0. The molecule has 1 rings (SSSR count). The highest BCUT2D eigenvalue weighted by molar-refractivity contribution is 5.78. The van der Waals surface area contributed by atoms with Crippen molar-refractivity contribution in [3.05, 3.63) is 0 Å². The molecule has 2 atom stereocenters. The van der Waals surface area contributed by atoms with E-state index in [1.54, 1.807) is 7.11 Å². The van der Waals surface area contributed by atoms with Crippen LogP contribution in [-0.2, 0) is 9.53 Å². The summed E-state index contributed by atoms with van der Waals surface area (Å²) in [7, 11) is 1.68. The Bertz CT molecular complexity index is 209. The van der Waals surface area contributed by atoms with Crippen molar-refractivity contribution in [2.75, 3.05) is 26.8 Å². The fourth-order valence-corrected chi connectivity index (χ4v) is 2.32. The summed E-state index contributed by atoms with van der Waals surface area (Å²) < 4.78 is 4.94. The van der Waals surface area contributed by atoms with Crippen molar-refractivity contribution in [2.24, 2.45) is 17.6 Å². The summed E-state index contributed by atoms with van der Waals surface area (Å²) >= 11 is 0. The standard InChI is InChI=1S/C12H24N2O2/c1-16-7-3-6-14-12(15)11-5-2-4-10(8-11)9-13/h10-11H,2-9,13H2,1H3,(H,14,15). The minimum Gasteiger partial charge on any atom is -0.385 e. The summed E-state index contributed by atoms with van der Waals surface area (Å²) in [6.07, 6.45) is 5.19. The Morgan fingerprint density at radius 1 is 1.50 bits per heavy atom. The largest absolute Gasteiger partial charge is 0.385 e. The number of hydrogen-bond acceptors (Lipinski definition) is 3. The molecule has 0 bridgehead atoms. The first-order valence-electron chi connectivity index (χ1n) is 6.24. The number of amides is 1. The molecule has 1 aliphatic rings. The van der Waals surface area contributed by atoms with Gasteiger partial charge in [0.15, 0.2) is 0 Å². The van der Waals surface area contributed by atoms with Crippen LogP contribution in [0.25, 0.3) is 0 Å². The zero-order valence-electron chi connectivity index (χ0n) is 10.2. The number of hydrogen-bond donors (Lipinski definition) is 2. The van der Waals surface area contributed by atoms with Crippen LogP contribution in [0, 0.1) is 11.8 Å². The number of ether oxygens (including phenoxy) is 1. The van der Waals surface area contributed by atoms with Gasteiger partial charge >= 0.3 is 0 Å². The minimum absolute atomic E-state index is 0.185. The highest BCUT2D eigenvalue weighted by Crippen LogP contribution is 2.28. The predicted molar refractivity (Wildman–Crippen MR) is 64.0 cm³/mol. The zero-order chi connectivity index (χ0) is 11.8. The lowest BCUT2D eigenvalue weighted by molar-refractivity contribution is -0.126. The maximum absolute atomic E-state index is 11.8. The van der Waals surface area contributed by atoms with Crippen molar-refractivity contribution < 1.29 is 9.53 Å². The van der Waals surface area contributed by atoms with Gasteiger partial charge in [0, 0.05) is 26.2 Å². The van der Waals surface area contributed by atoms with Crippen molar-refractivity contribution >= 4 is 5.91 Å². The van der Waals surface area contributed by atoms with Crippen LogP contribution in [0.3, 0.4) is 0 Å². The molecule has 0 aromatic heterocycles. The van der Waals surface area contributed by atoms with Gasteiger partial charge in [-0.1, -0.05) is 6.42 Å². The van der Waals surface area contributed by atoms with Crippen molar-refractivity contribution in [3.8, 4) is 0 Å². The second-order valence-electron chi connectivity index (χ2n) is 4.60. The van der Waals surface area contributed by atoms with Crippen molar-refractivity contribution in [1.29, 1.82) is 0 Å². The van der Waals surface area contributed by atoms with Gasteiger partial charge in [-0.25, -0.2) is 0 Å². The van der Waals surface area contributed by atoms with E-state index in [-0.39, 0.29) is 11.8 Å². The maximum atomic E-state index is 11.8. The molecule has 3 N–H and O–H groups in total. The summed E-state index contributed by atoms with van der Waals surface area (Å²) in [5.74, 6) is 0.933. The lowest BCUT2D eigenvalue weighted by Gasteiger charge is -2.27. The average Bonchev–Trinajstić information content (AvgIpc) is 2.34. The molecular weight excluding hydrogens is 204 g/mol. The molecule has 0 spiro atoms. The summed E-state index contributed by atoms with van der Waals surface area (Å²) in [6.45, 7) is 2.14. The van der Waals surface area contributed by atoms with E-state index >= 15 is 0 Å². The Morgan fingerprint density at radius 2 is 2.31 bits per heavy atom. The normalized spacial score (nSPS) is 25.4. The SMILES string of the molecule is COCCCNC(=O)C1CCCC(CN)C1. The fraction of sp³-hybridized carbons (Fsp3) is 0.917. The van der Waals surface area contributed by atoms with E-state index in [1.807, 2.05) is 0 Å². The van der Waals surface area contributed by atoms with Gasteiger partial charge in [0.2, 0.25) is 5.91 Å². The second-order valence-corrected chi connectivity index (χ2v) is 4.60. The third kappa shape index (κ3) is 4.49. The van der Waals surface area contributed by atoms with Crippen LogP contribution in [0.2, 0.25) is 0 Å². The predicted octanol–water partition coefficient (Wildman–Crippen LogP) is 0.904. The van der Waals surface area contributed by atoms with Crippen molar-refractivity contribution in [3.63, 3.8) is 0 Å². The van der Waals surface area contributed by atoms with Gasteiger partial charge in [0.1, 0.15) is 0 Å². The Hall–Kier alpha value is -0.610. The molecule has 1 saturated carbocycles. The molecule has 0 heterocycles. The first-order chi connectivity index (χ1) is 7.77. The number of nitrogens with two attached hydrogens (primary N) is 1. The van der Waals surface area contributed by atoms with Crippen LogP contribution >= 0.6 is 0 Å². The third-order valence-electron chi connectivity index (χ3n) is 3.31. The van der Waals surface area contributed by atoms with Gasteiger partial charge in [0.05, 0.1) is 0 Å². The number of methoxy groups -OCH3 is 1. The average molecular weight is 228 g/mol. The molecule has 0 aliphatic heterocycles. The molecule has 1 amide bonds. The highest BCUT2D eigenvalue weighted by atomic mass is 16.5. The summed E-state index contributed by atoms with van der Waals surface area (Å²) in [4.78, 5) is 11.8. The monoisotopic (exact) mass is 228 g/mol. The van der Waals surface area contributed by atoms with Crippen LogP contribution in [-0.4, -0.2) is 32.7 Å². The molecule has 4 heteroatoms. The molecule has 94 valence electrons. The van der Waals surface area contributed by atoms with Gasteiger partial charge in [-0.3, -0.25) is 4.79 Å². The molecule has 1 aliphatic carbocycles. The van der Waals surface area contributed by atoms with Crippen molar-refractivity contribution in [1.82, 2.24) is 5.32 Å². The Morgan fingerprint density at radius 3 is 3.00 bits per heavy atom. The molecule has 0 aromatic rings. The molecule has 2 unspecified atom stereocenters. The lowest BCUT2D eigenvalue weighted by Crippen LogP contribution is -2.36. The molecule has 4 nitrogen and oxygen atoms in total. The van der Waals surface area contributed by atoms with Gasteiger partial charge in [-0.15, -0.1) is 0 Å². The van der Waals surface area contributed by atoms with Gasteiger partial charge < -0.3 is 15.8 Å². The Labute approximate surface area is 97.9 Å². The minimum atomic E-state index is 0.185. The van der Waals surface area contributed by atoms with Gasteiger partial charge in [-0.2, -0.15) is 0 Å². The van der Waals surface area contributed by atoms with E-state index in [4.69, 9.17) is 10.5 Å². The Kier molecular flexibility index (Phi) is 6.42. The molecular formula is C12H24N2O2. The van der Waals surface area contributed by atoms with Crippen LogP contribution in [0.1, 0.15) is 32.1 Å². The first-order valence-corrected chi connectivity index (χ1v) is 6.24. The molecule has 0 aromatic carbocycles. The third-order valence-corrected chi connectivity index (χ3v) is 3.31. The van der Waals surface area contributed by atoms with E-state index in [9.17, 15) is 4.79 Å². The lowest BCUT2D eigenvalue weighted by atomic mass is 9.81. The molecule has 16 heavy (non-hydrogen) atoms. The van der Waals surface area contributed by atoms with Crippen LogP contribution in [0.4, 0.5) is 0 Å². The highest BCUT2D eigenvalue weighted by Gasteiger charge is 2.25. The number of nitrogens with one attached hydrogen (secondary N) is 1. The van der Waals surface area contributed by atoms with Gasteiger partial charge in [0.25, 0.3) is 0 Å². The maximum Gasteiger partial charge on any atom is 0.223 e. The second kappa shape index (κ2) is 7.63. The number of rotatable bonds is 6. The summed E-state index contributed by atoms with van der Waals surface area (Å²) in [5, 5.41) is 2.97. The number of carbonyl (C=O) groups is 1. The Balaban J connectivity index is 2.19. The van der Waals surface area contributed by atoms with E-state index in [2.05, 4.69) is 5.32 Å². The van der Waals surface area contributed by atoms with Crippen LogP contribution in [0.15, 0.2) is 0 Å². The topological polar surface area (TPSA) is 64.3 Å². The first kappa shape index (κ1) is 13.5. The smallest absolute Gasteiger partial charge is 0.223 e. The van der Waals surface area contributed by atoms with E-state index in [0.29, 0.717) is 19.1 Å². The van der Waals surface area contributed by atoms with E-state index < -0.39 is 0 Å². The number of carbonyl (C=O) groups excluding carboxylic acids is 1. The van der Waals surface area contributed by atoms with E-state index in [1.165, 1.54) is 6.42 Å². The van der Waals surface area contributed by atoms with Crippen LogP contribution < -0.4 is 11.1 Å². The van der Waals surface area contributed by atoms with Gasteiger partial charge in [-0.05, 0) is 38.1 Å². The molecule has 0 saturated heterocycles. The van der Waals surface area contributed by atoms with E-state index in [0.717, 1.165) is 32.2 Å². The molecule has 0 radical (unpaired) electrons. The fourth-order valence-electron chi connectivity index (χ4n) is 2.32.